The summed E-state index contributed by atoms with van der Waals surface area (Å²) in [5.74, 6) is -0.135. The van der Waals surface area contributed by atoms with Crippen LogP contribution in [0.4, 0.5) is 0 Å². The summed E-state index contributed by atoms with van der Waals surface area (Å²) in [6.07, 6.45) is 4.08. The third kappa shape index (κ3) is 4.22. The van der Waals surface area contributed by atoms with Crippen LogP contribution in [0.15, 0.2) is 29.2 Å². The second kappa shape index (κ2) is 7.43. The molecule has 1 aromatic rings. The molecule has 1 amide bonds. The molecular formula is C18H26N2O4S. The molecule has 0 radical (unpaired) electrons. The number of nitrogens with one attached hydrogen (secondary N) is 1. The molecule has 0 bridgehead atoms. The Morgan fingerprint density at radius 3 is 2.20 bits per heavy atom. The molecule has 7 heteroatoms. The smallest absolute Gasteiger partial charge is 0.251 e. The van der Waals surface area contributed by atoms with Crippen molar-refractivity contribution >= 4 is 15.9 Å². The highest BCUT2D eigenvalue weighted by Crippen LogP contribution is 2.22. The summed E-state index contributed by atoms with van der Waals surface area (Å²) in [5, 5.41) is 3.01. The van der Waals surface area contributed by atoms with Crippen LogP contribution in [-0.2, 0) is 14.8 Å². The molecule has 0 aromatic heterocycles. The van der Waals surface area contributed by atoms with E-state index in [-0.39, 0.29) is 29.1 Å². The van der Waals surface area contributed by atoms with E-state index in [9.17, 15) is 13.2 Å². The van der Waals surface area contributed by atoms with Crippen molar-refractivity contribution in [3.63, 3.8) is 0 Å². The zero-order valence-corrected chi connectivity index (χ0v) is 15.6. The molecule has 1 N–H and O–H groups in total. The summed E-state index contributed by atoms with van der Waals surface area (Å²) < 4.78 is 32.7. The first-order chi connectivity index (χ1) is 11.9. The van der Waals surface area contributed by atoms with Crippen molar-refractivity contribution in [2.75, 3.05) is 13.1 Å². The van der Waals surface area contributed by atoms with Crippen molar-refractivity contribution in [1.29, 1.82) is 0 Å². The number of amides is 1. The number of rotatable bonds is 4. The van der Waals surface area contributed by atoms with Crippen molar-refractivity contribution in [2.45, 2.75) is 62.7 Å². The van der Waals surface area contributed by atoms with Gasteiger partial charge in [-0.1, -0.05) is 12.8 Å². The molecular weight excluding hydrogens is 340 g/mol. The molecule has 25 heavy (non-hydrogen) atoms. The molecule has 0 unspecified atom stereocenters. The van der Waals surface area contributed by atoms with Crippen LogP contribution in [0.2, 0.25) is 0 Å². The number of hydrogen-bond donors (Lipinski definition) is 1. The summed E-state index contributed by atoms with van der Waals surface area (Å²) in [4.78, 5) is 12.5. The molecule has 0 spiro atoms. The maximum atomic E-state index is 12.8. The summed E-state index contributed by atoms with van der Waals surface area (Å²) in [7, 11) is -3.57. The zero-order chi connectivity index (χ0) is 18.0. The lowest BCUT2D eigenvalue weighted by molar-refractivity contribution is -0.0440. The van der Waals surface area contributed by atoms with Crippen molar-refractivity contribution in [3.05, 3.63) is 29.8 Å². The number of carbonyl (C=O) groups excluding carboxylic acids is 1. The fourth-order valence-corrected chi connectivity index (χ4v) is 5.18. The highest BCUT2D eigenvalue weighted by molar-refractivity contribution is 7.89. The normalized spacial score (nSPS) is 25.8. The van der Waals surface area contributed by atoms with E-state index in [1.54, 1.807) is 12.1 Å². The Morgan fingerprint density at radius 1 is 1.08 bits per heavy atom. The number of sulfonamides is 1. The molecule has 2 fully saturated rings. The summed E-state index contributed by atoms with van der Waals surface area (Å²) in [5.41, 5.74) is 0.495. The first-order valence-electron chi connectivity index (χ1n) is 8.93. The summed E-state index contributed by atoms with van der Waals surface area (Å²) in [6, 6.07) is 6.45. The first kappa shape index (κ1) is 18.4. The lowest BCUT2D eigenvalue weighted by atomic mass is 10.2. The molecule has 1 heterocycles. The molecule has 2 atom stereocenters. The topological polar surface area (TPSA) is 75.7 Å². The standard InChI is InChI=1S/C18H26N2O4S/c1-13-11-20(12-14(2)24-13)25(22,23)17-9-7-15(8-10-17)18(21)19-16-5-3-4-6-16/h7-10,13-14,16H,3-6,11-12H2,1-2H3,(H,19,21)/t13-,14+. The van der Waals surface area contributed by atoms with Gasteiger partial charge < -0.3 is 10.1 Å². The van der Waals surface area contributed by atoms with Crippen LogP contribution >= 0.6 is 0 Å². The van der Waals surface area contributed by atoms with Gasteiger partial charge in [0.1, 0.15) is 0 Å². The minimum absolute atomic E-state index is 0.130. The molecule has 2 aliphatic rings. The van der Waals surface area contributed by atoms with Crippen molar-refractivity contribution in [1.82, 2.24) is 9.62 Å². The third-order valence-electron chi connectivity index (χ3n) is 4.83. The summed E-state index contributed by atoms with van der Waals surface area (Å²) in [6.45, 7) is 4.43. The van der Waals surface area contributed by atoms with Crippen molar-refractivity contribution in [3.8, 4) is 0 Å². The molecule has 6 nitrogen and oxygen atoms in total. The van der Waals surface area contributed by atoms with E-state index in [0.29, 0.717) is 18.7 Å². The molecule has 1 saturated carbocycles. The van der Waals surface area contributed by atoms with Crippen molar-refractivity contribution < 1.29 is 17.9 Å². The molecule has 1 aliphatic heterocycles. The van der Waals surface area contributed by atoms with E-state index in [1.807, 2.05) is 13.8 Å². The van der Waals surface area contributed by atoms with Crippen LogP contribution in [0.3, 0.4) is 0 Å². The van der Waals surface area contributed by atoms with Gasteiger partial charge in [0.25, 0.3) is 5.91 Å². The van der Waals surface area contributed by atoms with Crippen LogP contribution in [0.25, 0.3) is 0 Å². The SMILES string of the molecule is C[C@@H]1CN(S(=O)(=O)c2ccc(C(=O)NC3CCCC3)cc2)C[C@H](C)O1. The Kier molecular flexibility index (Phi) is 5.46. The lowest BCUT2D eigenvalue weighted by Crippen LogP contribution is -2.48. The van der Waals surface area contributed by atoms with E-state index in [0.717, 1.165) is 25.7 Å². The zero-order valence-electron chi connectivity index (χ0n) is 14.8. The molecule has 1 aliphatic carbocycles. The van der Waals surface area contributed by atoms with Gasteiger partial charge in [0.15, 0.2) is 0 Å². The predicted molar refractivity (Wildman–Crippen MR) is 94.9 cm³/mol. The predicted octanol–water partition coefficient (Wildman–Crippen LogP) is 2.16. The Labute approximate surface area is 149 Å². The monoisotopic (exact) mass is 366 g/mol. The average molecular weight is 366 g/mol. The Bertz CT molecular complexity index is 701. The quantitative estimate of drug-likeness (QED) is 0.886. The maximum absolute atomic E-state index is 12.8. The highest BCUT2D eigenvalue weighted by Gasteiger charge is 2.32. The minimum atomic E-state index is -3.57. The van der Waals surface area contributed by atoms with Gasteiger partial charge in [0.2, 0.25) is 10.0 Å². The van der Waals surface area contributed by atoms with Crippen LogP contribution in [0.1, 0.15) is 49.9 Å². The number of benzene rings is 1. The fourth-order valence-electron chi connectivity index (χ4n) is 3.59. The molecule has 1 saturated heterocycles. The van der Waals surface area contributed by atoms with Gasteiger partial charge in [0, 0.05) is 24.7 Å². The highest BCUT2D eigenvalue weighted by atomic mass is 32.2. The Hall–Kier alpha value is -1.44. The van der Waals surface area contributed by atoms with E-state index < -0.39 is 10.0 Å². The Morgan fingerprint density at radius 2 is 1.64 bits per heavy atom. The van der Waals surface area contributed by atoms with Crippen LogP contribution in [0.5, 0.6) is 0 Å². The summed E-state index contributed by atoms with van der Waals surface area (Å²) >= 11 is 0. The van der Waals surface area contributed by atoms with Crippen LogP contribution < -0.4 is 5.32 Å². The van der Waals surface area contributed by atoms with Gasteiger partial charge in [-0.05, 0) is 51.0 Å². The van der Waals surface area contributed by atoms with Crippen LogP contribution in [0, 0.1) is 0 Å². The average Bonchev–Trinajstić information content (AvgIpc) is 3.07. The van der Waals surface area contributed by atoms with Gasteiger partial charge in [-0.25, -0.2) is 8.42 Å². The second-order valence-corrected chi connectivity index (χ2v) is 9.00. The van der Waals surface area contributed by atoms with Crippen molar-refractivity contribution in [2.24, 2.45) is 0 Å². The lowest BCUT2D eigenvalue weighted by Gasteiger charge is -2.34. The number of morpholine rings is 1. The molecule has 138 valence electrons. The first-order valence-corrected chi connectivity index (χ1v) is 10.4. The van der Waals surface area contributed by atoms with Gasteiger partial charge in [-0.2, -0.15) is 4.31 Å². The van der Waals surface area contributed by atoms with Gasteiger partial charge in [-0.15, -0.1) is 0 Å². The second-order valence-electron chi connectivity index (χ2n) is 7.06. The Balaban J connectivity index is 1.71. The fraction of sp³-hybridized carbons (Fsp3) is 0.611. The minimum Gasteiger partial charge on any atom is -0.373 e. The number of ether oxygens (including phenoxy) is 1. The van der Waals surface area contributed by atoms with E-state index in [2.05, 4.69) is 5.32 Å². The van der Waals surface area contributed by atoms with E-state index in [4.69, 9.17) is 4.74 Å². The number of carbonyl (C=O) groups is 1. The molecule has 3 rings (SSSR count). The van der Waals surface area contributed by atoms with Gasteiger partial charge >= 0.3 is 0 Å². The van der Waals surface area contributed by atoms with Gasteiger partial charge in [-0.3, -0.25) is 4.79 Å². The van der Waals surface area contributed by atoms with Crippen LogP contribution in [-0.4, -0.2) is 50.0 Å². The van der Waals surface area contributed by atoms with Gasteiger partial charge in [0.05, 0.1) is 17.1 Å². The van der Waals surface area contributed by atoms with E-state index >= 15 is 0 Å². The number of hydrogen-bond acceptors (Lipinski definition) is 4. The number of nitrogens with zero attached hydrogens (tertiary/aromatic N) is 1. The maximum Gasteiger partial charge on any atom is 0.251 e. The largest absolute Gasteiger partial charge is 0.373 e. The van der Waals surface area contributed by atoms with E-state index in [1.165, 1.54) is 16.4 Å². The third-order valence-corrected chi connectivity index (χ3v) is 6.68. The molecule has 1 aromatic carbocycles.